The number of hydrogen-bond donors (Lipinski definition) is 4. The van der Waals surface area contributed by atoms with E-state index in [1.807, 2.05) is 123 Å². The third kappa shape index (κ3) is 23.0. The number of likely N-dealkylation sites (tertiary alicyclic amines) is 4. The van der Waals surface area contributed by atoms with Gasteiger partial charge >= 0.3 is 0 Å². The van der Waals surface area contributed by atoms with Crippen molar-refractivity contribution in [3.8, 4) is 91.0 Å². The lowest BCUT2D eigenvalue weighted by atomic mass is 10.1. The number of nitrogens with two attached hydrogens (primary N) is 4. The Morgan fingerprint density at radius 2 is 0.594 bits per heavy atom. The maximum Gasteiger partial charge on any atom is 0.252 e. The van der Waals surface area contributed by atoms with Gasteiger partial charge in [-0.1, -0.05) is 73.8 Å². The number of ether oxygens (including phenoxy) is 4. The minimum absolute atomic E-state index is 0.0244. The fourth-order valence-electron chi connectivity index (χ4n) is 15.5. The number of nitrogens with zero attached hydrogens (tertiary/aromatic N) is 12. The van der Waals surface area contributed by atoms with E-state index in [2.05, 4.69) is 46.7 Å². The largest absolute Gasteiger partial charge is 0.457 e. The lowest BCUT2D eigenvalue weighted by Gasteiger charge is -2.32. The standard InChI is InChI=1S/2C25H26N4O3.C24H23ClN4O3.C24H23FN4O3/c1-3-23(30)28-13-5-7-19(15-28)29-16-22(25(26)31)24(27-29)18-9-11-20(12-10-18)32-21-8-4-6-17(2)14-21;1-3-23(30)28-14-4-5-19(15-28)29-16-22(25(26)31)24(27-29)18-8-12-21(13-9-18)32-20-10-6-17(2)7-11-20;1-2-22(30)28-13-3-4-18(14-28)29-15-21(24(26)31)23(27-29)16-5-9-19(10-6-16)32-20-11-7-17(25)8-12-20;1-2-22(30)28-12-4-6-18(14-28)29-15-21(24(26)31)23(27-29)16-8-10-19(11-9-16)32-20-7-3-5-17(25)13-20/h3-4,6,8-12,14,16,19H,1,5,7,13,15H2,2H3,(H2,26,31);3,6-13,16,19H,1,4-5,14-15H2,2H3,(H2,26,31);2,5-12,15,18H,1,3-4,13-14H2,(H2,26,31);2-3,5,7-11,13,15,18H,1,4,6,12,14H2,(H2,26,31)/t2*19-;2*18-/m1111/s1. The molecule has 4 atom stereocenters. The monoisotopic (exact) mass is 1740 g/mol. The third-order valence-corrected chi connectivity index (χ3v) is 22.3. The van der Waals surface area contributed by atoms with E-state index < -0.39 is 23.6 Å². The van der Waals surface area contributed by atoms with Crippen LogP contribution in [0.3, 0.4) is 0 Å². The quantitative estimate of drug-likeness (QED) is 0.0408. The number of carbonyl (C=O) groups is 8. The van der Waals surface area contributed by atoms with Crippen molar-refractivity contribution in [1.29, 1.82) is 0 Å². The third-order valence-electron chi connectivity index (χ3n) is 22.1. The van der Waals surface area contributed by atoms with Crippen molar-refractivity contribution in [1.82, 2.24) is 58.7 Å². The Morgan fingerprint density at radius 1 is 0.344 bits per heavy atom. The van der Waals surface area contributed by atoms with Gasteiger partial charge in [0.2, 0.25) is 23.6 Å². The van der Waals surface area contributed by atoms with Gasteiger partial charge in [-0.05, 0) is 253 Å². The van der Waals surface area contributed by atoms with Crippen molar-refractivity contribution in [2.24, 2.45) is 22.9 Å². The zero-order chi connectivity index (χ0) is 90.7. The average Bonchev–Trinajstić information content (AvgIpc) is 1.69. The molecule has 0 aliphatic carbocycles. The Morgan fingerprint density at radius 3 is 0.852 bits per heavy atom. The summed E-state index contributed by atoms with van der Waals surface area (Å²) in [4.78, 5) is 103. The highest BCUT2D eigenvalue weighted by Gasteiger charge is 2.32. The minimum Gasteiger partial charge on any atom is -0.457 e. The molecule has 4 aliphatic heterocycles. The van der Waals surface area contributed by atoms with Gasteiger partial charge in [-0.15, -0.1) is 0 Å². The maximum atomic E-state index is 13.4. The number of piperidine rings is 4. The van der Waals surface area contributed by atoms with E-state index in [0.29, 0.717) is 142 Å². The van der Waals surface area contributed by atoms with Crippen LogP contribution in [0.1, 0.15) is 128 Å². The Balaban J connectivity index is 0.000000146. The Bertz CT molecular complexity index is 5680. The van der Waals surface area contributed by atoms with E-state index in [-0.39, 0.29) is 53.6 Å². The summed E-state index contributed by atoms with van der Waals surface area (Å²) in [5, 5.41) is 19.3. The molecule has 4 fully saturated rings. The molecule has 8 aromatic carbocycles. The second-order valence-corrected chi connectivity index (χ2v) is 31.6. The SMILES string of the molecule is C=CC(=O)N1CCC[C@@H](n2cc(C(N)=O)c(-c3ccc(Oc4ccc(C)cc4)cc3)n2)C1.C=CC(=O)N1CCC[C@@H](n2cc(C(N)=O)c(-c3ccc(Oc4ccc(Cl)cc4)cc3)n2)C1.C=CC(=O)N1CCC[C@@H](n2cc(C(N)=O)c(-c3ccc(Oc4cccc(C)c4)cc3)n2)C1.C=CC(=O)N1CCC[C@@H](n2cc(C(N)=O)c(-c3ccc(Oc4cccc(F)c4)cc3)n2)C1. The van der Waals surface area contributed by atoms with Crippen molar-refractivity contribution in [3.05, 3.63) is 314 Å². The summed E-state index contributed by atoms with van der Waals surface area (Å²) in [5.74, 6) is 2.08. The van der Waals surface area contributed by atoms with Crippen molar-refractivity contribution in [3.63, 3.8) is 0 Å². The van der Waals surface area contributed by atoms with Crippen LogP contribution in [0.2, 0.25) is 5.02 Å². The predicted octanol–water partition coefficient (Wildman–Crippen LogP) is 16.6. The number of primary amides is 4. The summed E-state index contributed by atoms with van der Waals surface area (Å²) >= 11 is 5.91. The first-order valence-electron chi connectivity index (χ1n) is 41.8. The first kappa shape index (κ1) is 90.5. The molecule has 0 unspecified atom stereocenters. The number of amides is 8. The lowest BCUT2D eigenvalue weighted by molar-refractivity contribution is -0.128. The van der Waals surface area contributed by atoms with Gasteiger partial charge in [-0.3, -0.25) is 57.1 Å². The highest BCUT2D eigenvalue weighted by molar-refractivity contribution is 6.30. The van der Waals surface area contributed by atoms with Crippen molar-refractivity contribution >= 4 is 58.9 Å². The molecule has 12 aromatic rings. The van der Waals surface area contributed by atoms with Gasteiger partial charge in [0.05, 0.1) is 46.4 Å². The summed E-state index contributed by atoms with van der Waals surface area (Å²) in [6.45, 7) is 23.1. The molecule has 656 valence electrons. The molecule has 28 nitrogen and oxygen atoms in total. The number of benzene rings is 8. The molecule has 8 amide bonds. The molecule has 16 rings (SSSR count). The molecule has 128 heavy (non-hydrogen) atoms. The Labute approximate surface area is 744 Å². The second kappa shape index (κ2) is 41.9. The van der Waals surface area contributed by atoms with Crippen LogP contribution in [-0.2, 0) is 19.2 Å². The molecular weight excluding hydrogens is 1650 g/mol. The van der Waals surface area contributed by atoms with Crippen LogP contribution in [-0.4, -0.2) is 158 Å². The molecule has 0 saturated carbocycles. The Hall–Kier alpha value is -15.3. The van der Waals surface area contributed by atoms with E-state index in [1.165, 1.54) is 36.4 Å². The summed E-state index contributed by atoms with van der Waals surface area (Å²) in [5.41, 5.74) is 31.1. The van der Waals surface area contributed by atoms with Gasteiger partial charge in [0.1, 0.15) is 74.6 Å². The average molecular weight is 1750 g/mol. The van der Waals surface area contributed by atoms with Crippen molar-refractivity contribution < 1.29 is 61.7 Å². The number of hydrogen-bond acceptors (Lipinski definition) is 16. The van der Waals surface area contributed by atoms with Crippen LogP contribution in [0.5, 0.6) is 46.0 Å². The van der Waals surface area contributed by atoms with Crippen LogP contribution in [0.15, 0.2) is 270 Å². The molecule has 0 radical (unpaired) electrons. The molecule has 8 N–H and O–H groups in total. The number of aryl methyl sites for hydroxylation is 2. The lowest BCUT2D eigenvalue weighted by Crippen LogP contribution is -2.40. The van der Waals surface area contributed by atoms with Crippen molar-refractivity contribution in [2.75, 3.05) is 52.4 Å². The van der Waals surface area contributed by atoms with Gasteiger partial charge in [-0.25, -0.2) is 4.39 Å². The first-order chi connectivity index (χ1) is 61.8. The summed E-state index contributed by atoms with van der Waals surface area (Å²) in [7, 11) is 0. The molecule has 4 aromatic heterocycles. The van der Waals surface area contributed by atoms with E-state index in [9.17, 15) is 42.7 Å². The molecule has 0 spiro atoms. The number of aromatic nitrogens is 8. The topological polar surface area (TPSA) is 362 Å². The molecule has 4 aliphatic rings. The maximum absolute atomic E-state index is 13.4. The fraction of sp³-hybridized carbons (Fsp3) is 0.224. The molecule has 4 saturated heterocycles. The Kier molecular flexibility index (Phi) is 29.6. The van der Waals surface area contributed by atoms with Crippen LogP contribution in [0.4, 0.5) is 4.39 Å². The van der Waals surface area contributed by atoms with Crippen LogP contribution >= 0.6 is 11.6 Å². The highest BCUT2D eigenvalue weighted by Crippen LogP contribution is 2.37. The molecule has 30 heteroatoms. The number of rotatable bonds is 24. The van der Waals surface area contributed by atoms with E-state index in [1.54, 1.807) is 136 Å². The van der Waals surface area contributed by atoms with Crippen molar-refractivity contribution in [2.45, 2.75) is 89.4 Å². The summed E-state index contributed by atoms with van der Waals surface area (Å²) < 4.78 is 43.6. The summed E-state index contributed by atoms with van der Waals surface area (Å²) in [6, 6.07) is 57.5. The van der Waals surface area contributed by atoms with E-state index >= 15 is 0 Å². The molecule has 8 heterocycles. The van der Waals surface area contributed by atoms with Crippen LogP contribution < -0.4 is 41.9 Å². The minimum atomic E-state index is -0.582. The predicted molar refractivity (Wildman–Crippen MR) is 485 cm³/mol. The molecular formula is C98H98ClFN16O12. The van der Waals surface area contributed by atoms with Gasteiger partial charge in [0.25, 0.3) is 23.6 Å². The molecule has 0 bridgehead atoms. The zero-order valence-corrected chi connectivity index (χ0v) is 71.6. The number of carbonyl (C=O) groups excluding carboxylic acids is 8. The first-order valence-corrected chi connectivity index (χ1v) is 42.1. The van der Waals surface area contributed by atoms with Gasteiger partial charge in [0.15, 0.2) is 0 Å². The van der Waals surface area contributed by atoms with Gasteiger partial charge in [0, 0.05) is 110 Å². The van der Waals surface area contributed by atoms with Gasteiger partial charge < -0.3 is 61.5 Å². The van der Waals surface area contributed by atoms with E-state index in [0.717, 1.165) is 90.7 Å². The normalized spacial score (nSPS) is 15.9. The summed E-state index contributed by atoms with van der Waals surface area (Å²) in [6.07, 6.45) is 18.8. The van der Waals surface area contributed by atoms with E-state index in [4.69, 9.17) is 53.5 Å². The number of halogens is 2. The zero-order valence-electron chi connectivity index (χ0n) is 70.9. The smallest absolute Gasteiger partial charge is 0.252 e. The van der Waals surface area contributed by atoms with Crippen LogP contribution in [0.25, 0.3) is 45.0 Å². The highest BCUT2D eigenvalue weighted by atomic mass is 35.5. The second-order valence-electron chi connectivity index (χ2n) is 31.1. The fourth-order valence-corrected chi connectivity index (χ4v) is 15.6. The van der Waals surface area contributed by atoms with Crippen LogP contribution in [0, 0.1) is 19.7 Å². The van der Waals surface area contributed by atoms with Gasteiger partial charge in [-0.2, -0.15) is 20.4 Å².